The highest BCUT2D eigenvalue weighted by molar-refractivity contribution is 7.90. The molecule has 0 bridgehead atoms. The van der Waals surface area contributed by atoms with Crippen LogP contribution < -0.4 is 0 Å². The van der Waals surface area contributed by atoms with Crippen molar-refractivity contribution in [1.82, 2.24) is 4.98 Å². The first kappa shape index (κ1) is 20.5. The quantitative estimate of drug-likeness (QED) is 0.568. The normalized spacial score (nSPS) is 11.9. The van der Waals surface area contributed by atoms with Crippen LogP contribution in [0.3, 0.4) is 0 Å². The number of alkyl halides is 3. The highest BCUT2D eigenvalue weighted by Gasteiger charge is 2.37. The van der Waals surface area contributed by atoms with Crippen LogP contribution in [0.4, 0.5) is 17.6 Å². The lowest BCUT2D eigenvalue weighted by Gasteiger charge is -2.15. The molecule has 2 aromatic carbocycles. The van der Waals surface area contributed by atoms with Crippen LogP contribution in [0.1, 0.15) is 11.3 Å². The summed E-state index contributed by atoms with van der Waals surface area (Å²) in [5.74, 6) is -0.572. The molecule has 0 aliphatic carbocycles. The molecule has 148 valence electrons. The lowest BCUT2D eigenvalue weighted by molar-refractivity contribution is -0.141. The number of aromatic nitrogens is 1. The van der Waals surface area contributed by atoms with Crippen LogP contribution in [0.25, 0.3) is 22.4 Å². The molecule has 1 heterocycles. The van der Waals surface area contributed by atoms with E-state index in [1.807, 2.05) is 0 Å². The zero-order valence-corrected chi connectivity index (χ0v) is 15.6. The SMILES string of the molecule is CS(=O)(=O)c1ccc(-c2cc(C#N)c(C(F)(F)F)nc2-c2ccc(F)cc2)cc1. The van der Waals surface area contributed by atoms with Gasteiger partial charge in [0, 0.05) is 17.4 Å². The van der Waals surface area contributed by atoms with Crippen LogP contribution >= 0.6 is 0 Å². The molecule has 29 heavy (non-hydrogen) atoms. The Hall–Kier alpha value is -3.25. The minimum atomic E-state index is -4.86. The third-order valence-corrected chi connectivity index (χ3v) is 5.25. The first-order valence-corrected chi connectivity index (χ1v) is 9.98. The second-order valence-electron chi connectivity index (χ2n) is 6.19. The minimum absolute atomic E-state index is 0.0324. The Morgan fingerprint density at radius 1 is 0.966 bits per heavy atom. The number of nitriles is 1. The minimum Gasteiger partial charge on any atom is -0.241 e. The van der Waals surface area contributed by atoms with Crippen molar-refractivity contribution in [2.45, 2.75) is 11.1 Å². The standard InChI is InChI=1S/C20H12F4N2O2S/c1-29(27,28)16-8-4-12(5-9-16)17-10-14(11-25)19(20(22,23)24)26-18(17)13-2-6-15(21)7-3-13/h2-10H,1H3. The molecule has 0 unspecified atom stereocenters. The molecule has 0 fully saturated rings. The first-order valence-electron chi connectivity index (χ1n) is 8.09. The average molecular weight is 420 g/mol. The summed E-state index contributed by atoms with van der Waals surface area (Å²) >= 11 is 0. The van der Waals surface area contributed by atoms with Gasteiger partial charge in [0.25, 0.3) is 0 Å². The third-order valence-electron chi connectivity index (χ3n) is 4.12. The number of nitrogens with zero attached hydrogens (tertiary/aromatic N) is 2. The maximum absolute atomic E-state index is 13.4. The molecule has 0 aliphatic rings. The van der Waals surface area contributed by atoms with Crippen molar-refractivity contribution in [3.8, 4) is 28.5 Å². The van der Waals surface area contributed by atoms with Gasteiger partial charge in [0.1, 0.15) is 11.9 Å². The van der Waals surface area contributed by atoms with Gasteiger partial charge in [-0.05, 0) is 48.0 Å². The summed E-state index contributed by atoms with van der Waals surface area (Å²) in [5, 5.41) is 9.18. The van der Waals surface area contributed by atoms with Crippen LogP contribution in [0.15, 0.2) is 59.5 Å². The summed E-state index contributed by atoms with van der Waals surface area (Å²) in [6.45, 7) is 0. The number of pyridine rings is 1. The highest BCUT2D eigenvalue weighted by Crippen LogP contribution is 2.38. The van der Waals surface area contributed by atoms with Gasteiger partial charge in [-0.25, -0.2) is 17.8 Å². The highest BCUT2D eigenvalue weighted by atomic mass is 32.2. The van der Waals surface area contributed by atoms with Crippen molar-refractivity contribution in [3.05, 3.63) is 71.7 Å². The maximum Gasteiger partial charge on any atom is 0.434 e. The van der Waals surface area contributed by atoms with E-state index in [9.17, 15) is 31.2 Å². The monoisotopic (exact) mass is 420 g/mol. The number of halogens is 4. The molecule has 0 amide bonds. The van der Waals surface area contributed by atoms with Gasteiger partial charge in [0.05, 0.1) is 16.2 Å². The zero-order chi connectivity index (χ0) is 21.4. The number of hydrogen-bond acceptors (Lipinski definition) is 4. The van der Waals surface area contributed by atoms with E-state index >= 15 is 0 Å². The summed E-state index contributed by atoms with van der Waals surface area (Å²) in [6, 6.07) is 12.7. The van der Waals surface area contributed by atoms with Crippen LogP contribution in [-0.4, -0.2) is 19.7 Å². The van der Waals surface area contributed by atoms with Crippen molar-refractivity contribution in [1.29, 1.82) is 5.26 Å². The van der Waals surface area contributed by atoms with Gasteiger partial charge in [-0.2, -0.15) is 18.4 Å². The summed E-state index contributed by atoms with van der Waals surface area (Å²) in [7, 11) is -3.47. The molecule has 0 spiro atoms. The first-order chi connectivity index (χ1) is 13.5. The van der Waals surface area contributed by atoms with E-state index in [1.54, 1.807) is 0 Å². The van der Waals surface area contributed by atoms with Gasteiger partial charge < -0.3 is 0 Å². The molecular formula is C20H12F4N2O2S. The fraction of sp³-hybridized carbons (Fsp3) is 0.100. The zero-order valence-electron chi connectivity index (χ0n) is 14.8. The molecule has 4 nitrogen and oxygen atoms in total. The smallest absolute Gasteiger partial charge is 0.241 e. The number of benzene rings is 2. The van der Waals surface area contributed by atoms with E-state index < -0.39 is 33.1 Å². The number of sulfone groups is 1. The molecule has 0 aliphatic heterocycles. The molecule has 0 saturated carbocycles. The predicted molar refractivity (Wildman–Crippen MR) is 97.9 cm³/mol. The van der Waals surface area contributed by atoms with Crippen LogP contribution in [-0.2, 0) is 16.0 Å². The molecular weight excluding hydrogens is 408 g/mol. The van der Waals surface area contributed by atoms with Gasteiger partial charge >= 0.3 is 6.18 Å². The predicted octanol–water partition coefficient (Wildman–Crippen LogP) is 4.85. The molecule has 0 N–H and O–H groups in total. The molecule has 0 radical (unpaired) electrons. The Morgan fingerprint density at radius 3 is 2.00 bits per heavy atom. The Balaban J connectivity index is 2.30. The summed E-state index contributed by atoms with van der Waals surface area (Å²) in [6.07, 6.45) is -3.84. The summed E-state index contributed by atoms with van der Waals surface area (Å²) in [4.78, 5) is 3.71. The van der Waals surface area contributed by atoms with Crippen LogP contribution in [0.5, 0.6) is 0 Å². The lowest BCUT2D eigenvalue weighted by atomic mass is 9.96. The van der Waals surface area contributed by atoms with Gasteiger partial charge in [-0.15, -0.1) is 0 Å². The van der Waals surface area contributed by atoms with E-state index in [0.717, 1.165) is 24.5 Å². The summed E-state index contributed by atoms with van der Waals surface area (Å²) < 4.78 is 76.7. The maximum atomic E-state index is 13.4. The third kappa shape index (κ3) is 4.27. The second-order valence-corrected chi connectivity index (χ2v) is 8.21. The fourth-order valence-corrected chi connectivity index (χ4v) is 3.37. The van der Waals surface area contributed by atoms with Crippen molar-refractivity contribution >= 4 is 9.84 Å². The topological polar surface area (TPSA) is 70.8 Å². The Bertz CT molecular complexity index is 1210. The van der Waals surface area contributed by atoms with E-state index in [-0.39, 0.29) is 21.7 Å². The largest absolute Gasteiger partial charge is 0.434 e. The Labute approximate surface area is 164 Å². The van der Waals surface area contributed by atoms with E-state index in [2.05, 4.69) is 4.98 Å². The molecule has 1 aromatic heterocycles. The summed E-state index contributed by atoms with van der Waals surface area (Å²) in [5.41, 5.74) is -1.39. The van der Waals surface area contributed by atoms with Gasteiger partial charge in [-0.1, -0.05) is 12.1 Å². The van der Waals surface area contributed by atoms with E-state index in [4.69, 9.17) is 0 Å². The number of rotatable bonds is 3. The Kier molecular flexibility index (Phi) is 5.15. The van der Waals surface area contributed by atoms with Crippen molar-refractivity contribution < 1.29 is 26.0 Å². The van der Waals surface area contributed by atoms with E-state index in [1.165, 1.54) is 42.5 Å². The Morgan fingerprint density at radius 2 is 1.52 bits per heavy atom. The lowest BCUT2D eigenvalue weighted by Crippen LogP contribution is -2.12. The van der Waals surface area contributed by atoms with Gasteiger partial charge in [0.2, 0.25) is 0 Å². The number of hydrogen-bond donors (Lipinski definition) is 0. The molecule has 0 atom stereocenters. The van der Waals surface area contributed by atoms with Crippen molar-refractivity contribution in [3.63, 3.8) is 0 Å². The average Bonchev–Trinajstić information content (AvgIpc) is 2.66. The van der Waals surface area contributed by atoms with Gasteiger partial charge in [0.15, 0.2) is 15.5 Å². The molecule has 3 rings (SSSR count). The van der Waals surface area contributed by atoms with E-state index in [0.29, 0.717) is 5.56 Å². The van der Waals surface area contributed by atoms with Gasteiger partial charge in [-0.3, -0.25) is 0 Å². The molecule has 3 aromatic rings. The van der Waals surface area contributed by atoms with Crippen LogP contribution in [0.2, 0.25) is 0 Å². The fourth-order valence-electron chi connectivity index (χ4n) is 2.74. The van der Waals surface area contributed by atoms with Crippen molar-refractivity contribution in [2.75, 3.05) is 6.26 Å². The van der Waals surface area contributed by atoms with Crippen molar-refractivity contribution in [2.24, 2.45) is 0 Å². The molecule has 0 saturated heterocycles. The second kappa shape index (κ2) is 7.29. The molecule has 9 heteroatoms. The van der Waals surface area contributed by atoms with Crippen LogP contribution in [0, 0.1) is 17.1 Å².